The van der Waals surface area contributed by atoms with E-state index in [-0.39, 0.29) is 11.6 Å². The van der Waals surface area contributed by atoms with Crippen molar-refractivity contribution in [3.63, 3.8) is 0 Å². The van der Waals surface area contributed by atoms with Crippen LogP contribution >= 0.6 is 0 Å². The van der Waals surface area contributed by atoms with E-state index in [9.17, 15) is 8.42 Å². The zero-order valence-electron chi connectivity index (χ0n) is 13.6. The third-order valence-corrected chi connectivity index (χ3v) is 5.68. The Hall–Kier alpha value is -0.950. The molecule has 0 spiro atoms. The Labute approximate surface area is 133 Å². The fourth-order valence-corrected chi connectivity index (χ4v) is 4.35. The Morgan fingerprint density at radius 1 is 1.32 bits per heavy atom. The molecule has 1 aromatic carbocycles. The van der Waals surface area contributed by atoms with E-state index in [0.717, 1.165) is 12.0 Å². The van der Waals surface area contributed by atoms with E-state index in [1.165, 1.54) is 0 Å². The van der Waals surface area contributed by atoms with E-state index in [0.29, 0.717) is 26.1 Å². The Morgan fingerprint density at radius 2 is 2.00 bits per heavy atom. The van der Waals surface area contributed by atoms with Gasteiger partial charge in [0.1, 0.15) is 0 Å². The van der Waals surface area contributed by atoms with Crippen LogP contribution in [0, 0.1) is 0 Å². The van der Waals surface area contributed by atoms with Crippen molar-refractivity contribution in [3.8, 4) is 0 Å². The van der Waals surface area contributed by atoms with Crippen molar-refractivity contribution in [3.05, 3.63) is 35.9 Å². The van der Waals surface area contributed by atoms with Crippen molar-refractivity contribution in [2.24, 2.45) is 0 Å². The predicted octanol–water partition coefficient (Wildman–Crippen LogP) is 2.30. The number of rotatable bonds is 6. The number of hydrogen-bond donors (Lipinski definition) is 1. The van der Waals surface area contributed by atoms with Gasteiger partial charge in [0.05, 0.1) is 5.60 Å². The van der Waals surface area contributed by atoms with Crippen LogP contribution in [0.5, 0.6) is 0 Å². The lowest BCUT2D eigenvalue weighted by atomic mass is 9.94. The second-order valence-electron chi connectivity index (χ2n) is 6.27. The monoisotopic (exact) mass is 326 g/mol. The number of ether oxygens (including phenoxy) is 1. The van der Waals surface area contributed by atoms with Crippen LogP contribution in [0.25, 0.3) is 0 Å². The van der Waals surface area contributed by atoms with Gasteiger partial charge in [0, 0.05) is 25.7 Å². The molecule has 6 heteroatoms. The number of nitrogens with one attached hydrogen (secondary N) is 1. The van der Waals surface area contributed by atoms with Crippen molar-refractivity contribution in [1.29, 1.82) is 0 Å². The molecule has 5 nitrogen and oxygen atoms in total. The van der Waals surface area contributed by atoms with Crippen molar-refractivity contribution in [1.82, 2.24) is 9.03 Å². The van der Waals surface area contributed by atoms with Crippen molar-refractivity contribution in [2.45, 2.75) is 51.8 Å². The summed E-state index contributed by atoms with van der Waals surface area (Å²) in [6.45, 7) is 7.28. The molecule has 1 fully saturated rings. The maximum Gasteiger partial charge on any atom is 0.279 e. The highest BCUT2D eigenvalue weighted by molar-refractivity contribution is 7.87. The van der Waals surface area contributed by atoms with E-state index >= 15 is 0 Å². The van der Waals surface area contributed by atoms with E-state index in [1.807, 2.05) is 51.1 Å². The molecule has 0 bridgehead atoms. The molecule has 1 atom stereocenters. The molecule has 1 aliphatic heterocycles. The van der Waals surface area contributed by atoms with Crippen LogP contribution in [-0.2, 0) is 21.5 Å². The van der Waals surface area contributed by atoms with Gasteiger partial charge in [0.2, 0.25) is 0 Å². The lowest BCUT2D eigenvalue weighted by Gasteiger charge is -2.40. The zero-order valence-corrected chi connectivity index (χ0v) is 14.4. The fourth-order valence-electron chi connectivity index (χ4n) is 2.92. The van der Waals surface area contributed by atoms with Crippen LogP contribution in [0.4, 0.5) is 0 Å². The second-order valence-corrected chi connectivity index (χ2v) is 7.98. The summed E-state index contributed by atoms with van der Waals surface area (Å²) in [5.41, 5.74) is 0.681. The molecule has 1 aliphatic rings. The van der Waals surface area contributed by atoms with E-state index < -0.39 is 10.2 Å². The fraction of sp³-hybridized carbons (Fsp3) is 0.625. The molecule has 1 N–H and O–H groups in total. The van der Waals surface area contributed by atoms with Crippen molar-refractivity contribution >= 4 is 10.2 Å². The Balaban J connectivity index is 2.05. The van der Waals surface area contributed by atoms with Gasteiger partial charge < -0.3 is 4.74 Å². The van der Waals surface area contributed by atoms with Crippen LogP contribution in [0.15, 0.2) is 30.3 Å². The van der Waals surface area contributed by atoms with Crippen LogP contribution in [0.3, 0.4) is 0 Å². The summed E-state index contributed by atoms with van der Waals surface area (Å²) in [4.78, 5) is 0. The van der Waals surface area contributed by atoms with Crippen LogP contribution < -0.4 is 4.72 Å². The molecule has 0 amide bonds. The van der Waals surface area contributed by atoms with Gasteiger partial charge in [0.25, 0.3) is 10.2 Å². The van der Waals surface area contributed by atoms with Gasteiger partial charge in [-0.15, -0.1) is 0 Å². The molecule has 0 saturated carbocycles. The SMILES string of the molecule is CCN(C1CCOC(C)(C)C1)S(=O)(=O)NCc1ccccc1. The number of nitrogens with zero attached hydrogens (tertiary/aromatic N) is 1. The second kappa shape index (κ2) is 7.08. The summed E-state index contributed by atoms with van der Waals surface area (Å²) < 4.78 is 35.2. The molecular weight excluding hydrogens is 300 g/mol. The van der Waals surface area contributed by atoms with Crippen molar-refractivity contribution in [2.75, 3.05) is 13.2 Å². The van der Waals surface area contributed by atoms with Gasteiger partial charge in [-0.2, -0.15) is 17.4 Å². The summed E-state index contributed by atoms with van der Waals surface area (Å²) in [7, 11) is -3.49. The van der Waals surface area contributed by atoms with Gasteiger partial charge in [-0.05, 0) is 32.3 Å². The number of hydrogen-bond acceptors (Lipinski definition) is 3. The first-order valence-electron chi connectivity index (χ1n) is 7.78. The molecule has 1 saturated heterocycles. The van der Waals surface area contributed by atoms with Crippen LogP contribution in [0.1, 0.15) is 39.2 Å². The maximum absolute atomic E-state index is 12.6. The smallest absolute Gasteiger partial charge is 0.279 e. The van der Waals surface area contributed by atoms with Crippen molar-refractivity contribution < 1.29 is 13.2 Å². The first-order valence-corrected chi connectivity index (χ1v) is 9.22. The third kappa shape index (κ3) is 4.52. The maximum atomic E-state index is 12.6. The normalized spacial score (nSPS) is 21.9. The minimum absolute atomic E-state index is 0.0120. The Morgan fingerprint density at radius 3 is 2.59 bits per heavy atom. The first kappa shape index (κ1) is 17.4. The molecule has 2 rings (SSSR count). The quantitative estimate of drug-likeness (QED) is 0.872. The summed E-state index contributed by atoms with van der Waals surface area (Å²) in [5.74, 6) is 0. The third-order valence-electron chi connectivity index (χ3n) is 4.00. The highest BCUT2D eigenvalue weighted by atomic mass is 32.2. The summed E-state index contributed by atoms with van der Waals surface area (Å²) in [5, 5.41) is 0. The van der Waals surface area contributed by atoms with E-state index in [4.69, 9.17) is 4.74 Å². The van der Waals surface area contributed by atoms with Crippen LogP contribution in [-0.4, -0.2) is 37.5 Å². The molecule has 22 heavy (non-hydrogen) atoms. The first-order chi connectivity index (χ1) is 10.3. The van der Waals surface area contributed by atoms with Gasteiger partial charge in [-0.1, -0.05) is 37.3 Å². The molecule has 0 aliphatic carbocycles. The minimum atomic E-state index is -3.49. The molecule has 1 unspecified atom stereocenters. The Bertz CT molecular complexity index is 572. The number of benzene rings is 1. The Kier molecular flexibility index (Phi) is 5.60. The molecule has 1 heterocycles. The molecule has 124 valence electrons. The average molecular weight is 326 g/mol. The molecule has 1 aromatic rings. The minimum Gasteiger partial charge on any atom is -0.375 e. The molecule has 0 radical (unpaired) electrons. The van der Waals surface area contributed by atoms with Gasteiger partial charge in [-0.25, -0.2) is 0 Å². The van der Waals surface area contributed by atoms with E-state index in [2.05, 4.69) is 4.72 Å². The average Bonchev–Trinajstić information content (AvgIpc) is 2.46. The molecule has 0 aromatic heterocycles. The summed E-state index contributed by atoms with van der Waals surface area (Å²) >= 11 is 0. The highest BCUT2D eigenvalue weighted by Crippen LogP contribution is 2.28. The van der Waals surface area contributed by atoms with Gasteiger partial charge >= 0.3 is 0 Å². The largest absolute Gasteiger partial charge is 0.375 e. The summed E-state index contributed by atoms with van der Waals surface area (Å²) in [6, 6.07) is 9.54. The highest BCUT2D eigenvalue weighted by Gasteiger charge is 2.36. The van der Waals surface area contributed by atoms with Crippen LogP contribution in [0.2, 0.25) is 0 Å². The lowest BCUT2D eigenvalue weighted by molar-refractivity contribution is -0.0725. The standard InChI is InChI=1S/C16H26N2O3S/c1-4-18(15-10-11-21-16(2,3)12-15)22(19,20)17-13-14-8-6-5-7-9-14/h5-9,15,17H,4,10-13H2,1-3H3. The molecular formula is C16H26N2O3S. The summed E-state index contributed by atoms with van der Waals surface area (Å²) in [6.07, 6.45) is 1.45. The van der Waals surface area contributed by atoms with Gasteiger partial charge in [0.15, 0.2) is 0 Å². The van der Waals surface area contributed by atoms with Gasteiger partial charge in [-0.3, -0.25) is 0 Å². The van der Waals surface area contributed by atoms with E-state index in [1.54, 1.807) is 4.31 Å². The predicted molar refractivity (Wildman–Crippen MR) is 87.6 cm³/mol. The lowest BCUT2D eigenvalue weighted by Crippen LogP contribution is -2.51. The topological polar surface area (TPSA) is 58.6 Å². The zero-order chi connectivity index (χ0) is 16.2.